The van der Waals surface area contributed by atoms with Gasteiger partial charge in [-0.25, -0.2) is 0 Å². The van der Waals surface area contributed by atoms with Gasteiger partial charge in [-0.15, -0.1) is 0 Å². The summed E-state index contributed by atoms with van der Waals surface area (Å²) in [5.41, 5.74) is 0.781. The molecule has 0 aliphatic rings. The van der Waals surface area contributed by atoms with Crippen LogP contribution in [0.15, 0.2) is 24.3 Å². The monoisotopic (exact) mass is 232 g/mol. The molecule has 3 heteroatoms. The molecular weight excluding hydrogens is 212 g/mol. The van der Waals surface area contributed by atoms with Crippen molar-refractivity contribution in [2.75, 3.05) is 6.54 Å². The van der Waals surface area contributed by atoms with E-state index in [4.69, 9.17) is 5.26 Å². The standard InChI is InChI=1S/C14H20N2O/c1-4-13(16-10-14(2,3)9-15)11-5-7-12(17)8-6-11/h5-8,13,16-17H,4,10H2,1-3H3. The topological polar surface area (TPSA) is 56.0 Å². The molecule has 0 amide bonds. The molecule has 0 aliphatic heterocycles. The number of aromatic hydroxyl groups is 1. The van der Waals surface area contributed by atoms with Crippen LogP contribution < -0.4 is 5.32 Å². The number of hydrogen-bond acceptors (Lipinski definition) is 3. The smallest absolute Gasteiger partial charge is 0.115 e. The lowest BCUT2D eigenvalue weighted by Crippen LogP contribution is -2.31. The second-order valence-electron chi connectivity index (χ2n) is 4.93. The van der Waals surface area contributed by atoms with Crippen LogP contribution in [0.1, 0.15) is 38.8 Å². The molecular formula is C14H20N2O. The molecule has 2 N–H and O–H groups in total. The fraction of sp³-hybridized carbons (Fsp3) is 0.500. The predicted octanol–water partition coefficient (Wildman–Crippen LogP) is 2.98. The number of rotatable bonds is 5. The Morgan fingerprint density at radius 1 is 1.35 bits per heavy atom. The van der Waals surface area contributed by atoms with Gasteiger partial charge in [-0.05, 0) is 38.0 Å². The number of nitriles is 1. The largest absolute Gasteiger partial charge is 0.508 e. The van der Waals surface area contributed by atoms with E-state index in [1.54, 1.807) is 12.1 Å². The molecule has 1 unspecified atom stereocenters. The average Bonchev–Trinajstić information content (AvgIpc) is 2.32. The van der Waals surface area contributed by atoms with Crippen LogP contribution in [0.25, 0.3) is 0 Å². The minimum absolute atomic E-state index is 0.225. The van der Waals surface area contributed by atoms with Gasteiger partial charge in [0.1, 0.15) is 5.75 Å². The zero-order valence-electron chi connectivity index (χ0n) is 10.7. The summed E-state index contributed by atoms with van der Waals surface area (Å²) >= 11 is 0. The number of phenols is 1. The summed E-state index contributed by atoms with van der Waals surface area (Å²) in [6.45, 7) is 6.60. The number of nitrogens with one attached hydrogen (secondary N) is 1. The van der Waals surface area contributed by atoms with Gasteiger partial charge in [0.15, 0.2) is 0 Å². The summed E-state index contributed by atoms with van der Waals surface area (Å²) in [6.07, 6.45) is 0.951. The van der Waals surface area contributed by atoms with E-state index in [1.807, 2.05) is 26.0 Å². The molecule has 0 saturated carbocycles. The molecule has 3 nitrogen and oxygen atoms in total. The molecule has 0 aromatic heterocycles. The van der Waals surface area contributed by atoms with E-state index in [-0.39, 0.29) is 17.2 Å². The molecule has 0 radical (unpaired) electrons. The summed E-state index contributed by atoms with van der Waals surface area (Å²) in [5.74, 6) is 0.279. The third-order valence-corrected chi connectivity index (χ3v) is 2.80. The van der Waals surface area contributed by atoms with Gasteiger partial charge in [-0.1, -0.05) is 19.1 Å². The Balaban J connectivity index is 2.67. The van der Waals surface area contributed by atoms with Gasteiger partial charge in [0.25, 0.3) is 0 Å². The zero-order chi connectivity index (χ0) is 12.9. The van der Waals surface area contributed by atoms with Crippen LogP contribution in [0, 0.1) is 16.7 Å². The third kappa shape index (κ3) is 4.08. The van der Waals surface area contributed by atoms with Crippen LogP contribution in [0.3, 0.4) is 0 Å². The molecule has 1 rings (SSSR count). The van der Waals surface area contributed by atoms with Crippen LogP contribution in [-0.2, 0) is 0 Å². The van der Waals surface area contributed by atoms with Crippen molar-refractivity contribution < 1.29 is 5.11 Å². The van der Waals surface area contributed by atoms with Crippen molar-refractivity contribution in [2.45, 2.75) is 33.2 Å². The molecule has 0 aliphatic carbocycles. The van der Waals surface area contributed by atoms with Crippen molar-refractivity contribution in [1.29, 1.82) is 5.26 Å². The summed E-state index contributed by atoms with van der Waals surface area (Å²) in [5, 5.41) is 21.6. The van der Waals surface area contributed by atoms with Crippen molar-refractivity contribution in [3.05, 3.63) is 29.8 Å². The van der Waals surface area contributed by atoms with Gasteiger partial charge < -0.3 is 10.4 Å². The van der Waals surface area contributed by atoms with Gasteiger partial charge in [0.2, 0.25) is 0 Å². The summed E-state index contributed by atoms with van der Waals surface area (Å²) < 4.78 is 0. The van der Waals surface area contributed by atoms with Crippen LogP contribution in [0.4, 0.5) is 0 Å². The molecule has 0 bridgehead atoms. The molecule has 92 valence electrons. The second-order valence-corrected chi connectivity index (χ2v) is 4.93. The molecule has 0 fully saturated rings. The first-order chi connectivity index (χ1) is 7.98. The highest BCUT2D eigenvalue weighted by Gasteiger charge is 2.18. The van der Waals surface area contributed by atoms with Crippen LogP contribution in [-0.4, -0.2) is 11.7 Å². The van der Waals surface area contributed by atoms with Gasteiger partial charge in [0, 0.05) is 12.6 Å². The first-order valence-electron chi connectivity index (χ1n) is 5.92. The minimum atomic E-state index is -0.357. The van der Waals surface area contributed by atoms with Crippen molar-refractivity contribution in [3.63, 3.8) is 0 Å². The van der Waals surface area contributed by atoms with Crippen molar-refractivity contribution in [3.8, 4) is 11.8 Å². The first kappa shape index (κ1) is 13.5. The lowest BCUT2D eigenvalue weighted by atomic mass is 9.94. The van der Waals surface area contributed by atoms with Crippen molar-refractivity contribution >= 4 is 0 Å². The molecule has 1 aromatic rings. The molecule has 17 heavy (non-hydrogen) atoms. The number of nitrogens with zero attached hydrogens (tertiary/aromatic N) is 1. The second kappa shape index (κ2) is 5.70. The highest BCUT2D eigenvalue weighted by atomic mass is 16.3. The van der Waals surface area contributed by atoms with E-state index in [0.717, 1.165) is 12.0 Å². The van der Waals surface area contributed by atoms with Crippen LogP contribution in [0.5, 0.6) is 5.75 Å². The molecule has 0 spiro atoms. The van der Waals surface area contributed by atoms with Crippen LogP contribution >= 0.6 is 0 Å². The maximum absolute atomic E-state index is 9.24. The summed E-state index contributed by atoms with van der Waals surface area (Å²) in [7, 11) is 0. The Labute approximate surface area is 103 Å². The fourth-order valence-corrected chi connectivity index (χ4v) is 1.62. The quantitative estimate of drug-likeness (QED) is 0.820. The van der Waals surface area contributed by atoms with E-state index in [1.165, 1.54) is 0 Å². The zero-order valence-corrected chi connectivity index (χ0v) is 10.7. The number of phenolic OH excluding ortho intramolecular Hbond substituents is 1. The van der Waals surface area contributed by atoms with E-state index in [9.17, 15) is 5.11 Å². The SMILES string of the molecule is CCC(NCC(C)(C)C#N)c1ccc(O)cc1. The van der Waals surface area contributed by atoms with Gasteiger partial charge in [0.05, 0.1) is 11.5 Å². The Morgan fingerprint density at radius 2 is 1.94 bits per heavy atom. The third-order valence-electron chi connectivity index (χ3n) is 2.80. The first-order valence-corrected chi connectivity index (χ1v) is 5.92. The molecule has 1 atom stereocenters. The van der Waals surface area contributed by atoms with E-state index >= 15 is 0 Å². The summed E-state index contributed by atoms with van der Waals surface area (Å²) in [4.78, 5) is 0. The lowest BCUT2D eigenvalue weighted by molar-refractivity contribution is 0.398. The van der Waals surface area contributed by atoms with E-state index in [2.05, 4.69) is 18.3 Å². The minimum Gasteiger partial charge on any atom is -0.508 e. The van der Waals surface area contributed by atoms with Crippen molar-refractivity contribution in [2.24, 2.45) is 5.41 Å². The Bertz CT molecular complexity index is 390. The average molecular weight is 232 g/mol. The molecule has 0 heterocycles. The normalized spacial score (nSPS) is 13.1. The Kier molecular flexibility index (Phi) is 4.53. The lowest BCUT2D eigenvalue weighted by Gasteiger charge is -2.22. The van der Waals surface area contributed by atoms with Gasteiger partial charge in [-0.2, -0.15) is 5.26 Å². The maximum Gasteiger partial charge on any atom is 0.115 e. The maximum atomic E-state index is 9.24. The van der Waals surface area contributed by atoms with Gasteiger partial charge in [-0.3, -0.25) is 0 Å². The number of benzene rings is 1. The van der Waals surface area contributed by atoms with Crippen LogP contribution in [0.2, 0.25) is 0 Å². The highest BCUT2D eigenvalue weighted by Crippen LogP contribution is 2.21. The Morgan fingerprint density at radius 3 is 2.41 bits per heavy atom. The fourth-order valence-electron chi connectivity index (χ4n) is 1.62. The number of hydrogen-bond donors (Lipinski definition) is 2. The van der Waals surface area contributed by atoms with E-state index < -0.39 is 0 Å². The highest BCUT2D eigenvalue weighted by molar-refractivity contribution is 5.28. The summed E-state index contributed by atoms with van der Waals surface area (Å²) in [6, 6.07) is 9.71. The molecule has 0 saturated heterocycles. The van der Waals surface area contributed by atoms with Gasteiger partial charge >= 0.3 is 0 Å². The Hall–Kier alpha value is -1.53. The molecule has 1 aromatic carbocycles. The predicted molar refractivity (Wildman–Crippen MR) is 68.5 cm³/mol. The van der Waals surface area contributed by atoms with Crippen molar-refractivity contribution in [1.82, 2.24) is 5.32 Å². The van der Waals surface area contributed by atoms with E-state index in [0.29, 0.717) is 6.54 Å².